The van der Waals surface area contributed by atoms with Crippen LogP contribution in [-0.4, -0.2) is 5.11 Å². The third kappa shape index (κ3) is 3.31. The zero-order chi connectivity index (χ0) is 23.1. The Labute approximate surface area is 204 Å². The SMILES string of the molecule is OC1(c2ccccc2)c2ccccc2Nc2cccc(-c3ccc(-c4ccc(Cl)cc4)cc3)c21. The van der Waals surface area contributed by atoms with Crippen molar-refractivity contribution in [2.45, 2.75) is 5.60 Å². The minimum atomic E-state index is -1.29. The van der Waals surface area contributed by atoms with Crippen molar-refractivity contribution in [1.82, 2.24) is 0 Å². The molecule has 5 aromatic carbocycles. The monoisotopic (exact) mass is 459 g/mol. The molecule has 1 unspecified atom stereocenters. The molecule has 0 aliphatic carbocycles. The fourth-order valence-electron chi connectivity index (χ4n) is 4.94. The van der Waals surface area contributed by atoms with Crippen LogP contribution >= 0.6 is 11.6 Å². The Hall–Kier alpha value is -3.85. The number of aliphatic hydroxyl groups is 1. The number of nitrogens with one attached hydrogen (secondary N) is 1. The largest absolute Gasteiger partial charge is 0.376 e. The van der Waals surface area contributed by atoms with Crippen molar-refractivity contribution < 1.29 is 5.11 Å². The van der Waals surface area contributed by atoms with Gasteiger partial charge in [-0.25, -0.2) is 0 Å². The van der Waals surface area contributed by atoms with E-state index < -0.39 is 5.60 Å². The molecule has 0 amide bonds. The number of anilines is 2. The third-order valence-electron chi connectivity index (χ3n) is 6.58. The van der Waals surface area contributed by atoms with Crippen LogP contribution in [0.3, 0.4) is 0 Å². The predicted molar refractivity (Wildman–Crippen MR) is 141 cm³/mol. The van der Waals surface area contributed by atoms with Crippen LogP contribution in [0, 0.1) is 0 Å². The van der Waals surface area contributed by atoms with Crippen molar-refractivity contribution in [3.8, 4) is 22.3 Å². The van der Waals surface area contributed by atoms with Crippen molar-refractivity contribution in [3.63, 3.8) is 0 Å². The summed E-state index contributed by atoms with van der Waals surface area (Å²) >= 11 is 6.06. The molecule has 0 bridgehead atoms. The van der Waals surface area contributed by atoms with Crippen LogP contribution in [0.1, 0.15) is 16.7 Å². The first-order valence-electron chi connectivity index (χ1n) is 11.3. The van der Waals surface area contributed by atoms with Gasteiger partial charge in [0.2, 0.25) is 0 Å². The average molecular weight is 460 g/mol. The Morgan fingerprint density at radius 3 is 1.88 bits per heavy atom. The molecule has 0 aromatic heterocycles. The molecule has 164 valence electrons. The summed E-state index contributed by atoms with van der Waals surface area (Å²) in [6.07, 6.45) is 0. The lowest BCUT2D eigenvalue weighted by Crippen LogP contribution is -2.34. The Morgan fingerprint density at radius 1 is 0.559 bits per heavy atom. The third-order valence-corrected chi connectivity index (χ3v) is 6.83. The number of hydrogen-bond acceptors (Lipinski definition) is 2. The van der Waals surface area contributed by atoms with Gasteiger partial charge in [0.15, 0.2) is 0 Å². The zero-order valence-electron chi connectivity index (χ0n) is 18.4. The molecule has 1 heterocycles. The van der Waals surface area contributed by atoms with Gasteiger partial charge in [-0.3, -0.25) is 0 Å². The van der Waals surface area contributed by atoms with Crippen molar-refractivity contribution in [2.24, 2.45) is 0 Å². The van der Waals surface area contributed by atoms with Crippen LogP contribution in [0.2, 0.25) is 5.02 Å². The maximum Gasteiger partial charge on any atom is 0.145 e. The molecule has 1 aliphatic rings. The number of para-hydroxylation sites is 1. The molecule has 0 radical (unpaired) electrons. The van der Waals surface area contributed by atoms with E-state index in [0.29, 0.717) is 0 Å². The second-order valence-electron chi connectivity index (χ2n) is 8.56. The van der Waals surface area contributed by atoms with Crippen molar-refractivity contribution in [1.29, 1.82) is 0 Å². The number of benzene rings is 5. The maximum absolute atomic E-state index is 12.5. The van der Waals surface area contributed by atoms with Crippen LogP contribution in [-0.2, 0) is 5.60 Å². The van der Waals surface area contributed by atoms with Crippen LogP contribution in [0.5, 0.6) is 0 Å². The molecule has 6 rings (SSSR count). The molecule has 0 saturated heterocycles. The molecule has 2 N–H and O–H groups in total. The van der Waals surface area contributed by atoms with E-state index in [1.165, 1.54) is 0 Å². The summed E-state index contributed by atoms with van der Waals surface area (Å²) in [5.41, 5.74) is 7.35. The highest BCUT2D eigenvalue weighted by Gasteiger charge is 2.42. The van der Waals surface area contributed by atoms with E-state index >= 15 is 0 Å². The van der Waals surface area contributed by atoms with Gasteiger partial charge in [0, 0.05) is 27.5 Å². The number of hydrogen-bond donors (Lipinski definition) is 2. The summed E-state index contributed by atoms with van der Waals surface area (Å²) in [4.78, 5) is 0. The normalized spacial score (nSPS) is 16.3. The Bertz CT molecular complexity index is 1480. The molecule has 1 atom stereocenters. The summed E-state index contributed by atoms with van der Waals surface area (Å²) in [5, 5.41) is 16.8. The molecular weight excluding hydrogens is 438 g/mol. The van der Waals surface area contributed by atoms with Gasteiger partial charge >= 0.3 is 0 Å². The van der Waals surface area contributed by atoms with E-state index in [1.807, 2.05) is 91.0 Å². The summed E-state index contributed by atoms with van der Waals surface area (Å²) < 4.78 is 0. The zero-order valence-corrected chi connectivity index (χ0v) is 19.1. The second-order valence-corrected chi connectivity index (χ2v) is 9.00. The number of rotatable bonds is 3. The Morgan fingerprint density at radius 2 is 1.15 bits per heavy atom. The van der Waals surface area contributed by atoms with E-state index in [0.717, 1.165) is 55.3 Å². The lowest BCUT2D eigenvalue weighted by Gasteiger charge is -2.39. The summed E-state index contributed by atoms with van der Waals surface area (Å²) in [5.74, 6) is 0. The second kappa shape index (κ2) is 8.18. The van der Waals surface area contributed by atoms with E-state index in [4.69, 9.17) is 11.6 Å². The van der Waals surface area contributed by atoms with Gasteiger partial charge in [-0.1, -0.05) is 109 Å². The minimum Gasteiger partial charge on any atom is -0.376 e. The predicted octanol–water partition coefficient (Wildman–Crippen LogP) is 8.02. The van der Waals surface area contributed by atoms with Gasteiger partial charge in [0.25, 0.3) is 0 Å². The molecule has 1 aliphatic heterocycles. The maximum atomic E-state index is 12.5. The quantitative estimate of drug-likeness (QED) is 0.286. The van der Waals surface area contributed by atoms with Crippen LogP contribution < -0.4 is 5.32 Å². The average Bonchev–Trinajstić information content (AvgIpc) is 2.89. The highest BCUT2D eigenvalue weighted by Crippen LogP contribution is 2.51. The standard InChI is InChI=1S/C31H22ClNO/c32-25-19-17-22(18-20-25)21-13-15-23(16-14-21)26-9-6-12-29-30(26)31(34,24-7-2-1-3-8-24)27-10-4-5-11-28(27)33-29/h1-20,33-34H. The van der Waals surface area contributed by atoms with Crippen LogP contribution in [0.4, 0.5) is 11.4 Å². The smallest absolute Gasteiger partial charge is 0.145 e. The highest BCUT2D eigenvalue weighted by molar-refractivity contribution is 6.30. The van der Waals surface area contributed by atoms with Crippen LogP contribution in [0.25, 0.3) is 22.3 Å². The van der Waals surface area contributed by atoms with E-state index in [1.54, 1.807) is 0 Å². The van der Waals surface area contributed by atoms with Crippen LogP contribution in [0.15, 0.2) is 121 Å². The fraction of sp³-hybridized carbons (Fsp3) is 0.0323. The van der Waals surface area contributed by atoms with Gasteiger partial charge in [-0.05, 0) is 52.1 Å². The Balaban J connectivity index is 1.53. The summed E-state index contributed by atoms with van der Waals surface area (Å²) in [6, 6.07) is 40.4. The first-order chi connectivity index (χ1) is 16.6. The molecule has 3 heteroatoms. The first-order valence-corrected chi connectivity index (χ1v) is 11.7. The minimum absolute atomic E-state index is 0.726. The summed E-state index contributed by atoms with van der Waals surface area (Å²) in [7, 11) is 0. The van der Waals surface area contributed by atoms with E-state index in [-0.39, 0.29) is 0 Å². The van der Waals surface area contributed by atoms with Gasteiger partial charge in [0.05, 0.1) is 0 Å². The molecule has 34 heavy (non-hydrogen) atoms. The summed E-state index contributed by atoms with van der Waals surface area (Å²) in [6.45, 7) is 0. The van der Waals surface area contributed by atoms with Gasteiger partial charge in [0.1, 0.15) is 5.60 Å². The Kier molecular flexibility index (Phi) is 4.99. The first kappa shape index (κ1) is 20.7. The van der Waals surface area contributed by atoms with Crippen molar-refractivity contribution in [2.75, 3.05) is 5.32 Å². The lowest BCUT2D eigenvalue weighted by atomic mass is 9.74. The van der Waals surface area contributed by atoms with Crippen molar-refractivity contribution >= 4 is 23.0 Å². The van der Waals surface area contributed by atoms with Crippen molar-refractivity contribution in [3.05, 3.63) is 143 Å². The van der Waals surface area contributed by atoms with E-state index in [2.05, 4.69) is 35.6 Å². The van der Waals surface area contributed by atoms with E-state index in [9.17, 15) is 5.11 Å². The topological polar surface area (TPSA) is 32.3 Å². The molecule has 0 spiro atoms. The van der Waals surface area contributed by atoms with Gasteiger partial charge in [-0.15, -0.1) is 0 Å². The lowest BCUT2D eigenvalue weighted by molar-refractivity contribution is 0.126. The molecule has 0 fully saturated rings. The highest BCUT2D eigenvalue weighted by atomic mass is 35.5. The molecular formula is C31H22ClNO. The van der Waals surface area contributed by atoms with Gasteiger partial charge < -0.3 is 10.4 Å². The molecule has 0 saturated carbocycles. The number of fused-ring (bicyclic) bond motifs is 2. The number of halogens is 1. The fourth-order valence-corrected chi connectivity index (χ4v) is 5.06. The molecule has 2 nitrogen and oxygen atoms in total. The molecule has 5 aromatic rings. The van der Waals surface area contributed by atoms with Gasteiger partial charge in [-0.2, -0.15) is 0 Å².